The van der Waals surface area contributed by atoms with Crippen molar-refractivity contribution in [1.29, 1.82) is 0 Å². The van der Waals surface area contributed by atoms with E-state index in [-0.39, 0.29) is 5.82 Å². The van der Waals surface area contributed by atoms with Crippen molar-refractivity contribution in [2.24, 2.45) is 0 Å². The largest absolute Gasteiger partial charge is 0.397 e. The zero-order valence-corrected chi connectivity index (χ0v) is 7.65. The van der Waals surface area contributed by atoms with Crippen LogP contribution >= 0.6 is 0 Å². The third kappa shape index (κ3) is 1.26. The zero-order valence-electron chi connectivity index (χ0n) is 7.65. The van der Waals surface area contributed by atoms with Gasteiger partial charge in [-0.15, -0.1) is 5.10 Å². The molecule has 2 aromatic heterocycles. The minimum atomic E-state index is 0.288. The van der Waals surface area contributed by atoms with Gasteiger partial charge in [-0.2, -0.15) is 10.2 Å². The van der Waals surface area contributed by atoms with Gasteiger partial charge in [0.05, 0.1) is 23.1 Å². The Bertz CT molecular complexity index is 440. The Balaban J connectivity index is 2.61. The van der Waals surface area contributed by atoms with E-state index in [1.165, 1.54) is 6.20 Å². The molecule has 0 saturated heterocycles. The smallest absolute Gasteiger partial charge is 0.157 e. The Kier molecular flexibility index (Phi) is 1.81. The number of nitrogen functional groups attached to an aromatic ring is 2. The van der Waals surface area contributed by atoms with E-state index in [9.17, 15) is 0 Å². The summed E-state index contributed by atoms with van der Waals surface area (Å²) >= 11 is 0. The fourth-order valence-electron chi connectivity index (χ4n) is 1.24. The van der Waals surface area contributed by atoms with Gasteiger partial charge in [0, 0.05) is 5.69 Å². The first kappa shape index (κ1) is 8.49. The molecular formula is C8H10N6. The molecule has 0 amide bonds. The van der Waals surface area contributed by atoms with Gasteiger partial charge in [-0.25, -0.2) is 0 Å². The van der Waals surface area contributed by atoms with Crippen LogP contribution in [0, 0.1) is 6.92 Å². The lowest BCUT2D eigenvalue weighted by molar-refractivity contribution is 1.03. The zero-order chi connectivity index (χ0) is 10.1. The van der Waals surface area contributed by atoms with E-state index in [0.29, 0.717) is 16.9 Å². The maximum atomic E-state index is 5.73. The van der Waals surface area contributed by atoms with Crippen molar-refractivity contribution < 1.29 is 0 Å². The van der Waals surface area contributed by atoms with Crippen LogP contribution in [0.5, 0.6) is 0 Å². The predicted molar refractivity (Wildman–Crippen MR) is 53.2 cm³/mol. The van der Waals surface area contributed by atoms with E-state index < -0.39 is 0 Å². The van der Waals surface area contributed by atoms with Crippen LogP contribution in [-0.2, 0) is 0 Å². The quantitative estimate of drug-likeness (QED) is 0.601. The first-order valence-electron chi connectivity index (χ1n) is 4.07. The topological polar surface area (TPSA) is 106 Å². The standard InChI is InChI=1S/C8H10N6/c1-4-2-6(13-12-4)7-5(9)3-11-14-8(7)10/h2-3H,1H3,(H,12,13)(H4,9,10,14). The molecule has 0 aromatic carbocycles. The number of hydrogen-bond acceptors (Lipinski definition) is 5. The number of nitrogens with zero attached hydrogens (tertiary/aromatic N) is 3. The minimum absolute atomic E-state index is 0.288. The van der Waals surface area contributed by atoms with Crippen molar-refractivity contribution in [2.75, 3.05) is 11.5 Å². The van der Waals surface area contributed by atoms with E-state index in [4.69, 9.17) is 11.5 Å². The predicted octanol–water partition coefficient (Wildman–Crippen LogP) is 0.340. The average Bonchev–Trinajstić information content (AvgIpc) is 2.51. The molecule has 2 aromatic rings. The van der Waals surface area contributed by atoms with E-state index in [1.54, 1.807) is 0 Å². The van der Waals surface area contributed by atoms with Gasteiger partial charge in [0.15, 0.2) is 5.82 Å². The second-order valence-corrected chi connectivity index (χ2v) is 3.00. The van der Waals surface area contributed by atoms with E-state index >= 15 is 0 Å². The van der Waals surface area contributed by atoms with E-state index in [0.717, 1.165) is 5.69 Å². The highest BCUT2D eigenvalue weighted by Crippen LogP contribution is 2.27. The van der Waals surface area contributed by atoms with Crippen molar-refractivity contribution in [2.45, 2.75) is 6.92 Å². The molecule has 0 aliphatic carbocycles. The van der Waals surface area contributed by atoms with Gasteiger partial charge in [-0.1, -0.05) is 0 Å². The summed E-state index contributed by atoms with van der Waals surface area (Å²) in [5.41, 5.74) is 14.1. The highest BCUT2D eigenvalue weighted by Gasteiger charge is 2.11. The number of H-pyrrole nitrogens is 1. The van der Waals surface area contributed by atoms with Crippen molar-refractivity contribution in [3.63, 3.8) is 0 Å². The molecule has 0 atom stereocenters. The first-order valence-corrected chi connectivity index (χ1v) is 4.07. The Hall–Kier alpha value is -2.11. The SMILES string of the molecule is Cc1cc(-c2c(N)cnnc2N)n[nH]1. The van der Waals surface area contributed by atoms with Crippen LogP contribution in [-0.4, -0.2) is 20.4 Å². The lowest BCUT2D eigenvalue weighted by atomic mass is 10.1. The normalized spacial score (nSPS) is 10.4. The minimum Gasteiger partial charge on any atom is -0.397 e. The molecule has 0 bridgehead atoms. The molecule has 0 aliphatic rings. The number of anilines is 2. The second-order valence-electron chi connectivity index (χ2n) is 3.00. The number of aryl methyl sites for hydroxylation is 1. The Morgan fingerprint density at radius 1 is 1.36 bits per heavy atom. The highest BCUT2D eigenvalue weighted by atomic mass is 15.2. The van der Waals surface area contributed by atoms with Crippen molar-refractivity contribution in [3.8, 4) is 11.3 Å². The molecule has 0 unspecified atom stereocenters. The molecule has 6 heteroatoms. The molecule has 5 N–H and O–H groups in total. The Morgan fingerprint density at radius 2 is 2.14 bits per heavy atom. The molecule has 72 valence electrons. The van der Waals surface area contributed by atoms with Crippen LogP contribution in [0.3, 0.4) is 0 Å². The van der Waals surface area contributed by atoms with Gasteiger partial charge in [0.25, 0.3) is 0 Å². The average molecular weight is 190 g/mol. The summed E-state index contributed by atoms with van der Waals surface area (Å²) in [4.78, 5) is 0. The summed E-state index contributed by atoms with van der Waals surface area (Å²) in [5.74, 6) is 0.288. The van der Waals surface area contributed by atoms with Crippen LogP contribution in [0.2, 0.25) is 0 Å². The van der Waals surface area contributed by atoms with Crippen LogP contribution in [0.15, 0.2) is 12.3 Å². The molecule has 0 aliphatic heterocycles. The Labute approximate surface area is 80.3 Å². The summed E-state index contributed by atoms with van der Waals surface area (Å²) < 4.78 is 0. The van der Waals surface area contributed by atoms with Crippen molar-refractivity contribution >= 4 is 11.5 Å². The van der Waals surface area contributed by atoms with Gasteiger partial charge < -0.3 is 11.5 Å². The van der Waals surface area contributed by atoms with Crippen LogP contribution < -0.4 is 11.5 Å². The summed E-state index contributed by atoms with van der Waals surface area (Å²) in [7, 11) is 0. The number of aromatic amines is 1. The van der Waals surface area contributed by atoms with Gasteiger partial charge in [-0.3, -0.25) is 5.10 Å². The van der Waals surface area contributed by atoms with E-state index in [2.05, 4.69) is 20.4 Å². The van der Waals surface area contributed by atoms with Gasteiger partial charge >= 0.3 is 0 Å². The third-order valence-electron chi connectivity index (χ3n) is 1.87. The fraction of sp³-hybridized carbons (Fsp3) is 0.125. The maximum Gasteiger partial charge on any atom is 0.157 e. The van der Waals surface area contributed by atoms with Crippen LogP contribution in [0.1, 0.15) is 5.69 Å². The lowest BCUT2D eigenvalue weighted by Gasteiger charge is -2.02. The highest BCUT2D eigenvalue weighted by molar-refractivity contribution is 5.81. The fourth-order valence-corrected chi connectivity index (χ4v) is 1.24. The van der Waals surface area contributed by atoms with Gasteiger partial charge in [0.1, 0.15) is 0 Å². The number of hydrogen-bond donors (Lipinski definition) is 3. The van der Waals surface area contributed by atoms with Gasteiger partial charge in [-0.05, 0) is 13.0 Å². The summed E-state index contributed by atoms with van der Waals surface area (Å²) in [6.45, 7) is 1.90. The molecule has 6 nitrogen and oxygen atoms in total. The molecule has 0 radical (unpaired) electrons. The number of nitrogens with two attached hydrogens (primary N) is 2. The molecule has 2 heterocycles. The molecule has 0 saturated carbocycles. The molecule has 0 spiro atoms. The molecular weight excluding hydrogens is 180 g/mol. The van der Waals surface area contributed by atoms with Crippen molar-refractivity contribution in [3.05, 3.63) is 18.0 Å². The Morgan fingerprint density at radius 3 is 2.71 bits per heavy atom. The van der Waals surface area contributed by atoms with Crippen LogP contribution in [0.4, 0.5) is 11.5 Å². The first-order chi connectivity index (χ1) is 6.68. The summed E-state index contributed by atoms with van der Waals surface area (Å²) in [6, 6.07) is 1.85. The lowest BCUT2D eigenvalue weighted by Crippen LogP contribution is -2.01. The molecule has 14 heavy (non-hydrogen) atoms. The second kappa shape index (κ2) is 2.99. The number of rotatable bonds is 1. The number of aromatic nitrogens is 4. The van der Waals surface area contributed by atoms with Crippen LogP contribution in [0.25, 0.3) is 11.3 Å². The van der Waals surface area contributed by atoms with Crippen molar-refractivity contribution in [1.82, 2.24) is 20.4 Å². The summed E-state index contributed by atoms with van der Waals surface area (Å²) in [6.07, 6.45) is 1.45. The molecule has 0 fully saturated rings. The monoisotopic (exact) mass is 190 g/mol. The maximum absolute atomic E-state index is 5.73. The van der Waals surface area contributed by atoms with E-state index in [1.807, 2.05) is 13.0 Å². The third-order valence-corrected chi connectivity index (χ3v) is 1.87. The van der Waals surface area contributed by atoms with Gasteiger partial charge in [0.2, 0.25) is 0 Å². The molecule has 2 rings (SSSR count). The number of nitrogens with one attached hydrogen (secondary N) is 1. The summed E-state index contributed by atoms with van der Waals surface area (Å²) in [5, 5.41) is 14.2.